The third kappa shape index (κ3) is 3.78. The third-order valence-corrected chi connectivity index (χ3v) is 3.73. The van der Waals surface area contributed by atoms with Gasteiger partial charge in [0.05, 0.1) is 25.2 Å². The standard InChI is InChI=1S/C17H19N3O3/c1-13(18-19-17(21)16-3-2-10-23-16)14-4-6-15(7-5-14)20-8-11-22-12-9-20/h2-7,10H,8-9,11-12H2,1H3,(H,19,21). The number of ether oxygens (including phenoxy) is 1. The molecule has 1 amide bonds. The predicted molar refractivity (Wildman–Crippen MR) is 87.9 cm³/mol. The van der Waals surface area contributed by atoms with Crippen LogP contribution < -0.4 is 10.3 Å². The summed E-state index contributed by atoms with van der Waals surface area (Å²) in [7, 11) is 0. The average molecular weight is 313 g/mol. The fourth-order valence-corrected chi connectivity index (χ4v) is 2.40. The van der Waals surface area contributed by atoms with Crippen LogP contribution in [0, 0.1) is 0 Å². The molecule has 2 heterocycles. The summed E-state index contributed by atoms with van der Waals surface area (Å²) in [6, 6.07) is 11.4. The number of hydrogen-bond donors (Lipinski definition) is 1. The van der Waals surface area contributed by atoms with Gasteiger partial charge in [-0.3, -0.25) is 4.79 Å². The normalized spacial score (nSPS) is 15.5. The van der Waals surface area contributed by atoms with E-state index in [0.717, 1.165) is 37.6 Å². The number of hydrogen-bond acceptors (Lipinski definition) is 5. The van der Waals surface area contributed by atoms with Gasteiger partial charge in [0.15, 0.2) is 5.76 Å². The third-order valence-electron chi connectivity index (χ3n) is 3.73. The van der Waals surface area contributed by atoms with Crippen molar-refractivity contribution in [3.63, 3.8) is 0 Å². The summed E-state index contributed by atoms with van der Waals surface area (Å²) in [6.07, 6.45) is 1.45. The first-order chi connectivity index (χ1) is 11.2. The molecule has 1 fully saturated rings. The van der Waals surface area contributed by atoms with E-state index >= 15 is 0 Å². The lowest BCUT2D eigenvalue weighted by Crippen LogP contribution is -2.36. The minimum atomic E-state index is -0.362. The van der Waals surface area contributed by atoms with Gasteiger partial charge in [0.1, 0.15) is 0 Å². The summed E-state index contributed by atoms with van der Waals surface area (Å²) in [5, 5.41) is 4.12. The highest BCUT2D eigenvalue weighted by atomic mass is 16.5. The Labute approximate surface area is 134 Å². The van der Waals surface area contributed by atoms with Crippen molar-refractivity contribution in [1.29, 1.82) is 0 Å². The van der Waals surface area contributed by atoms with E-state index < -0.39 is 0 Å². The maximum Gasteiger partial charge on any atom is 0.307 e. The predicted octanol–water partition coefficient (Wildman–Crippen LogP) is 2.27. The number of anilines is 1. The molecule has 0 radical (unpaired) electrons. The molecular formula is C17H19N3O3. The Morgan fingerprint density at radius 1 is 1.17 bits per heavy atom. The zero-order valence-corrected chi connectivity index (χ0v) is 13.0. The number of rotatable bonds is 4. The Bertz CT molecular complexity index is 672. The molecule has 1 aliphatic heterocycles. The van der Waals surface area contributed by atoms with Crippen molar-refractivity contribution in [2.45, 2.75) is 6.92 Å². The first kappa shape index (κ1) is 15.3. The van der Waals surface area contributed by atoms with Crippen LogP contribution in [-0.4, -0.2) is 37.9 Å². The molecule has 0 saturated carbocycles. The number of benzene rings is 1. The summed E-state index contributed by atoms with van der Waals surface area (Å²) in [4.78, 5) is 14.1. The number of furan rings is 1. The zero-order valence-electron chi connectivity index (χ0n) is 13.0. The van der Waals surface area contributed by atoms with Crippen LogP contribution in [0.3, 0.4) is 0 Å². The van der Waals surface area contributed by atoms with Crippen molar-refractivity contribution >= 4 is 17.3 Å². The van der Waals surface area contributed by atoms with Gasteiger partial charge in [-0.25, -0.2) is 5.43 Å². The minimum absolute atomic E-state index is 0.240. The molecule has 3 rings (SSSR count). The highest BCUT2D eigenvalue weighted by molar-refractivity contribution is 6.00. The SMILES string of the molecule is CC(=NNC(=O)c1ccco1)c1ccc(N2CCOCC2)cc1. The molecule has 0 spiro atoms. The van der Waals surface area contributed by atoms with E-state index in [2.05, 4.69) is 27.6 Å². The average Bonchev–Trinajstić information content (AvgIpc) is 3.15. The zero-order chi connectivity index (χ0) is 16.1. The van der Waals surface area contributed by atoms with Gasteiger partial charge in [-0.2, -0.15) is 5.10 Å². The highest BCUT2D eigenvalue weighted by Crippen LogP contribution is 2.17. The Kier molecular flexibility index (Phi) is 4.73. The van der Waals surface area contributed by atoms with E-state index in [0.29, 0.717) is 0 Å². The van der Waals surface area contributed by atoms with Crippen LogP contribution in [0.25, 0.3) is 0 Å². The largest absolute Gasteiger partial charge is 0.459 e. The van der Waals surface area contributed by atoms with Crippen LogP contribution in [0.4, 0.5) is 5.69 Å². The molecular weight excluding hydrogens is 294 g/mol. The first-order valence-corrected chi connectivity index (χ1v) is 7.55. The number of nitrogens with one attached hydrogen (secondary N) is 1. The van der Waals surface area contributed by atoms with Gasteiger partial charge < -0.3 is 14.1 Å². The van der Waals surface area contributed by atoms with Gasteiger partial charge in [0.25, 0.3) is 0 Å². The topological polar surface area (TPSA) is 67.1 Å². The molecule has 1 aromatic heterocycles. The van der Waals surface area contributed by atoms with E-state index in [1.807, 2.05) is 19.1 Å². The van der Waals surface area contributed by atoms with Crippen molar-refractivity contribution in [2.75, 3.05) is 31.2 Å². The first-order valence-electron chi connectivity index (χ1n) is 7.55. The van der Waals surface area contributed by atoms with Crippen LogP contribution >= 0.6 is 0 Å². The number of carbonyl (C=O) groups excluding carboxylic acids is 1. The molecule has 120 valence electrons. The van der Waals surface area contributed by atoms with E-state index in [1.54, 1.807) is 12.1 Å². The van der Waals surface area contributed by atoms with Crippen molar-refractivity contribution in [1.82, 2.24) is 5.43 Å². The van der Waals surface area contributed by atoms with Crippen LogP contribution in [0.2, 0.25) is 0 Å². The molecule has 1 aliphatic rings. The molecule has 0 unspecified atom stereocenters. The van der Waals surface area contributed by atoms with Gasteiger partial charge >= 0.3 is 5.91 Å². The number of morpholine rings is 1. The monoisotopic (exact) mass is 313 g/mol. The van der Waals surface area contributed by atoms with Gasteiger partial charge in [0, 0.05) is 18.8 Å². The van der Waals surface area contributed by atoms with Crippen LogP contribution in [0.15, 0.2) is 52.2 Å². The Balaban J connectivity index is 1.63. The van der Waals surface area contributed by atoms with Crippen LogP contribution in [-0.2, 0) is 4.74 Å². The van der Waals surface area contributed by atoms with Gasteiger partial charge in [0.2, 0.25) is 0 Å². The van der Waals surface area contributed by atoms with Gasteiger partial charge in [-0.05, 0) is 36.8 Å². The van der Waals surface area contributed by atoms with Crippen molar-refractivity contribution in [3.8, 4) is 0 Å². The summed E-state index contributed by atoms with van der Waals surface area (Å²) in [5.41, 5.74) is 5.36. The molecule has 2 aromatic rings. The summed E-state index contributed by atoms with van der Waals surface area (Å²) in [6.45, 7) is 5.20. The Morgan fingerprint density at radius 2 is 1.91 bits per heavy atom. The second-order valence-electron chi connectivity index (χ2n) is 5.26. The van der Waals surface area contributed by atoms with Crippen molar-refractivity contribution < 1.29 is 13.9 Å². The van der Waals surface area contributed by atoms with E-state index in [9.17, 15) is 4.79 Å². The number of hydrazone groups is 1. The smallest absolute Gasteiger partial charge is 0.307 e. The molecule has 6 nitrogen and oxygen atoms in total. The summed E-state index contributed by atoms with van der Waals surface area (Å²) < 4.78 is 10.4. The van der Waals surface area contributed by atoms with E-state index in [1.165, 1.54) is 12.0 Å². The summed E-state index contributed by atoms with van der Waals surface area (Å²) >= 11 is 0. The summed E-state index contributed by atoms with van der Waals surface area (Å²) in [5.74, 6) is -0.122. The Hall–Kier alpha value is -2.60. The second-order valence-corrected chi connectivity index (χ2v) is 5.26. The van der Waals surface area contributed by atoms with Crippen LogP contribution in [0.5, 0.6) is 0 Å². The maximum atomic E-state index is 11.8. The second kappa shape index (κ2) is 7.11. The maximum absolute atomic E-state index is 11.8. The lowest BCUT2D eigenvalue weighted by atomic mass is 10.1. The molecule has 0 aliphatic carbocycles. The molecule has 6 heteroatoms. The lowest BCUT2D eigenvalue weighted by Gasteiger charge is -2.28. The molecule has 1 aromatic carbocycles. The highest BCUT2D eigenvalue weighted by Gasteiger charge is 2.11. The van der Waals surface area contributed by atoms with Gasteiger partial charge in [-0.15, -0.1) is 0 Å². The van der Waals surface area contributed by atoms with Gasteiger partial charge in [-0.1, -0.05) is 12.1 Å². The minimum Gasteiger partial charge on any atom is -0.459 e. The Morgan fingerprint density at radius 3 is 2.57 bits per heavy atom. The molecule has 1 N–H and O–H groups in total. The number of carbonyl (C=O) groups is 1. The van der Waals surface area contributed by atoms with Crippen LogP contribution in [0.1, 0.15) is 23.0 Å². The number of nitrogens with zero attached hydrogens (tertiary/aromatic N) is 2. The van der Waals surface area contributed by atoms with E-state index in [-0.39, 0.29) is 11.7 Å². The van der Waals surface area contributed by atoms with Crippen molar-refractivity contribution in [2.24, 2.45) is 5.10 Å². The quantitative estimate of drug-likeness (QED) is 0.694. The van der Waals surface area contributed by atoms with E-state index in [4.69, 9.17) is 9.15 Å². The fraction of sp³-hybridized carbons (Fsp3) is 0.294. The number of amides is 1. The lowest BCUT2D eigenvalue weighted by molar-refractivity contribution is 0.0927. The fourth-order valence-electron chi connectivity index (χ4n) is 2.40. The molecule has 23 heavy (non-hydrogen) atoms. The molecule has 0 bridgehead atoms. The molecule has 1 saturated heterocycles. The molecule has 0 atom stereocenters. The van der Waals surface area contributed by atoms with Crippen molar-refractivity contribution in [3.05, 3.63) is 54.0 Å².